The van der Waals surface area contributed by atoms with Crippen molar-refractivity contribution in [2.24, 2.45) is 5.92 Å². The molecule has 1 amide bonds. The highest BCUT2D eigenvalue weighted by Gasteiger charge is 2.27. The molecule has 2 rings (SSSR count). The summed E-state index contributed by atoms with van der Waals surface area (Å²) < 4.78 is 0. The molecule has 1 N–H and O–H groups in total. The van der Waals surface area contributed by atoms with Crippen molar-refractivity contribution < 1.29 is 4.79 Å². The molecule has 1 aliphatic heterocycles. The van der Waals surface area contributed by atoms with Crippen LogP contribution in [0.3, 0.4) is 0 Å². The number of nitrogens with one attached hydrogen (secondary N) is 1. The van der Waals surface area contributed by atoms with Gasteiger partial charge in [-0.3, -0.25) is 4.79 Å². The molecule has 1 fully saturated rings. The van der Waals surface area contributed by atoms with Crippen LogP contribution in [0.15, 0.2) is 24.3 Å². The fourth-order valence-electron chi connectivity index (χ4n) is 2.75. The third-order valence-electron chi connectivity index (χ3n) is 3.68. The third kappa shape index (κ3) is 3.74. The number of hydrogen-bond acceptors (Lipinski definition) is 2. The average Bonchev–Trinajstić information content (AvgIpc) is 2.63. The molecular formula is C16H23ClN2O. The normalized spacial score (nSPS) is 20.0. The van der Waals surface area contributed by atoms with Gasteiger partial charge in [-0.1, -0.05) is 37.6 Å². The summed E-state index contributed by atoms with van der Waals surface area (Å²) in [4.78, 5) is 14.8. The van der Waals surface area contributed by atoms with Crippen LogP contribution in [0.5, 0.6) is 0 Å². The molecule has 1 unspecified atom stereocenters. The Morgan fingerprint density at radius 2 is 2.20 bits per heavy atom. The van der Waals surface area contributed by atoms with E-state index in [9.17, 15) is 4.79 Å². The van der Waals surface area contributed by atoms with E-state index in [1.807, 2.05) is 23.1 Å². The first-order chi connectivity index (χ1) is 9.59. The fourth-order valence-corrected chi connectivity index (χ4v) is 2.96. The van der Waals surface area contributed by atoms with E-state index in [1.165, 1.54) is 0 Å². The molecule has 0 saturated carbocycles. The summed E-state index contributed by atoms with van der Waals surface area (Å²) in [6, 6.07) is 7.57. The molecule has 1 saturated heterocycles. The molecule has 3 nitrogen and oxygen atoms in total. The molecule has 20 heavy (non-hydrogen) atoms. The zero-order chi connectivity index (χ0) is 14.5. The number of halogens is 1. The molecule has 1 aliphatic rings. The van der Waals surface area contributed by atoms with Crippen molar-refractivity contribution in [2.45, 2.75) is 32.7 Å². The molecule has 1 aromatic carbocycles. The Labute approximate surface area is 126 Å². The topological polar surface area (TPSA) is 32.3 Å². The van der Waals surface area contributed by atoms with Crippen molar-refractivity contribution >= 4 is 17.5 Å². The van der Waals surface area contributed by atoms with Gasteiger partial charge in [0.1, 0.15) is 0 Å². The monoisotopic (exact) mass is 294 g/mol. The van der Waals surface area contributed by atoms with E-state index < -0.39 is 0 Å². The largest absolute Gasteiger partial charge is 0.334 e. The smallest absolute Gasteiger partial charge is 0.255 e. The molecule has 1 atom stereocenters. The van der Waals surface area contributed by atoms with Crippen molar-refractivity contribution in [3.63, 3.8) is 0 Å². The minimum absolute atomic E-state index is 0.0601. The van der Waals surface area contributed by atoms with Crippen LogP contribution in [0.2, 0.25) is 5.02 Å². The van der Waals surface area contributed by atoms with Gasteiger partial charge in [0.05, 0.1) is 10.6 Å². The number of carbonyl (C=O) groups excluding carboxylic acids is 1. The van der Waals surface area contributed by atoms with E-state index in [0.29, 0.717) is 16.5 Å². The Morgan fingerprint density at radius 3 is 2.90 bits per heavy atom. The van der Waals surface area contributed by atoms with Crippen LogP contribution < -0.4 is 5.32 Å². The van der Waals surface area contributed by atoms with E-state index in [4.69, 9.17) is 11.6 Å². The van der Waals surface area contributed by atoms with Crippen LogP contribution in [0.4, 0.5) is 0 Å². The van der Waals surface area contributed by atoms with Crippen LogP contribution in [-0.4, -0.2) is 36.5 Å². The molecule has 0 aliphatic carbocycles. The molecule has 1 heterocycles. The van der Waals surface area contributed by atoms with Crippen LogP contribution in [0.25, 0.3) is 0 Å². The lowest BCUT2D eigenvalue weighted by Gasteiger charge is -2.31. The highest BCUT2D eigenvalue weighted by molar-refractivity contribution is 6.33. The summed E-state index contributed by atoms with van der Waals surface area (Å²) in [7, 11) is 0. The lowest BCUT2D eigenvalue weighted by Crippen LogP contribution is -2.44. The molecule has 110 valence electrons. The second-order valence-electron chi connectivity index (χ2n) is 5.82. The van der Waals surface area contributed by atoms with Gasteiger partial charge in [0.2, 0.25) is 0 Å². The summed E-state index contributed by atoms with van der Waals surface area (Å²) in [5.74, 6) is 0.631. The number of rotatable bonds is 3. The van der Waals surface area contributed by atoms with Crippen molar-refractivity contribution in [3.8, 4) is 0 Å². The highest BCUT2D eigenvalue weighted by Crippen LogP contribution is 2.21. The summed E-state index contributed by atoms with van der Waals surface area (Å²) in [6.45, 7) is 7.04. The van der Waals surface area contributed by atoms with Crippen LogP contribution >= 0.6 is 11.6 Å². The van der Waals surface area contributed by atoms with Crippen molar-refractivity contribution in [1.29, 1.82) is 0 Å². The van der Waals surface area contributed by atoms with Crippen molar-refractivity contribution in [2.75, 3.05) is 19.6 Å². The van der Waals surface area contributed by atoms with Gasteiger partial charge >= 0.3 is 0 Å². The molecule has 0 spiro atoms. The summed E-state index contributed by atoms with van der Waals surface area (Å²) >= 11 is 6.17. The first-order valence-electron chi connectivity index (χ1n) is 7.36. The van der Waals surface area contributed by atoms with Crippen molar-refractivity contribution in [3.05, 3.63) is 34.9 Å². The maximum absolute atomic E-state index is 12.8. The van der Waals surface area contributed by atoms with Crippen LogP contribution in [-0.2, 0) is 0 Å². The highest BCUT2D eigenvalue weighted by atomic mass is 35.5. The fraction of sp³-hybridized carbons (Fsp3) is 0.562. The Balaban J connectivity index is 2.21. The Kier molecular flexibility index (Phi) is 5.44. The predicted molar refractivity (Wildman–Crippen MR) is 83.2 cm³/mol. The van der Waals surface area contributed by atoms with Gasteiger partial charge in [-0.25, -0.2) is 0 Å². The van der Waals surface area contributed by atoms with Crippen molar-refractivity contribution in [1.82, 2.24) is 10.2 Å². The van der Waals surface area contributed by atoms with Gasteiger partial charge < -0.3 is 10.2 Å². The van der Waals surface area contributed by atoms with Crippen LogP contribution in [0, 0.1) is 5.92 Å². The lowest BCUT2D eigenvalue weighted by atomic mass is 10.0. The average molecular weight is 295 g/mol. The maximum atomic E-state index is 12.8. The molecule has 0 radical (unpaired) electrons. The SMILES string of the molecule is CC(C)CC1CNCCCN1C(=O)c1ccccc1Cl. The number of nitrogens with zero attached hydrogens (tertiary/aromatic N) is 1. The number of carbonyl (C=O) groups is 1. The van der Waals surface area contributed by atoms with E-state index in [-0.39, 0.29) is 11.9 Å². The Morgan fingerprint density at radius 1 is 1.45 bits per heavy atom. The molecular weight excluding hydrogens is 272 g/mol. The minimum atomic E-state index is 0.0601. The molecule has 0 aromatic heterocycles. The Bertz CT molecular complexity index is 462. The second-order valence-corrected chi connectivity index (χ2v) is 6.23. The standard InChI is InChI=1S/C16H23ClN2O/c1-12(2)10-13-11-18-8-5-9-19(13)16(20)14-6-3-4-7-15(14)17/h3-4,6-7,12-13,18H,5,8-11H2,1-2H3. The number of amides is 1. The van der Waals surface area contributed by atoms with Gasteiger partial charge in [0, 0.05) is 19.1 Å². The van der Waals surface area contributed by atoms with Gasteiger partial charge in [0.25, 0.3) is 5.91 Å². The number of hydrogen-bond donors (Lipinski definition) is 1. The third-order valence-corrected chi connectivity index (χ3v) is 4.01. The second kappa shape index (κ2) is 7.09. The summed E-state index contributed by atoms with van der Waals surface area (Å²) in [6.07, 6.45) is 2.01. The van der Waals surface area contributed by atoms with Gasteiger partial charge in [-0.2, -0.15) is 0 Å². The zero-order valence-electron chi connectivity index (χ0n) is 12.2. The zero-order valence-corrected chi connectivity index (χ0v) is 13.0. The lowest BCUT2D eigenvalue weighted by molar-refractivity contribution is 0.0673. The van der Waals surface area contributed by atoms with Gasteiger partial charge in [-0.15, -0.1) is 0 Å². The van der Waals surface area contributed by atoms with Gasteiger partial charge in [0.15, 0.2) is 0 Å². The van der Waals surface area contributed by atoms with E-state index in [0.717, 1.165) is 32.5 Å². The molecule has 1 aromatic rings. The predicted octanol–water partition coefficient (Wildman–Crippen LogP) is 3.19. The van der Waals surface area contributed by atoms with Crippen LogP contribution in [0.1, 0.15) is 37.0 Å². The van der Waals surface area contributed by atoms with E-state index >= 15 is 0 Å². The van der Waals surface area contributed by atoms with E-state index in [1.54, 1.807) is 6.07 Å². The quantitative estimate of drug-likeness (QED) is 0.928. The first-order valence-corrected chi connectivity index (χ1v) is 7.73. The summed E-state index contributed by atoms with van der Waals surface area (Å²) in [5.41, 5.74) is 0.616. The molecule has 0 bridgehead atoms. The summed E-state index contributed by atoms with van der Waals surface area (Å²) in [5, 5.41) is 3.97. The molecule has 4 heteroatoms. The number of benzene rings is 1. The maximum Gasteiger partial charge on any atom is 0.255 e. The Hall–Kier alpha value is -1.06. The minimum Gasteiger partial charge on any atom is -0.334 e. The first kappa shape index (κ1) is 15.3. The van der Waals surface area contributed by atoms with Gasteiger partial charge in [-0.05, 0) is 37.4 Å². The van der Waals surface area contributed by atoms with E-state index in [2.05, 4.69) is 19.2 Å².